The van der Waals surface area contributed by atoms with E-state index >= 15 is 0 Å². The summed E-state index contributed by atoms with van der Waals surface area (Å²) < 4.78 is 5.19. The first-order valence-electron chi connectivity index (χ1n) is 7.22. The van der Waals surface area contributed by atoms with E-state index in [-0.39, 0.29) is 0 Å². The summed E-state index contributed by atoms with van der Waals surface area (Å²) in [6, 6.07) is 9.33. The molecule has 1 aromatic rings. The van der Waals surface area contributed by atoms with E-state index in [1.165, 1.54) is 44.2 Å². The lowest BCUT2D eigenvalue weighted by Crippen LogP contribution is -2.40. The van der Waals surface area contributed by atoms with Crippen molar-refractivity contribution in [2.45, 2.75) is 44.1 Å². The quantitative estimate of drug-likeness (QED) is 0.830. The van der Waals surface area contributed by atoms with Crippen molar-refractivity contribution in [3.63, 3.8) is 0 Å². The van der Waals surface area contributed by atoms with Crippen LogP contribution in [0.1, 0.15) is 43.6 Å². The molecule has 1 N–H and O–H groups in total. The fraction of sp³-hybridized carbons (Fsp3) is 0.625. The number of nitrogens with one attached hydrogen (secondary N) is 1. The predicted octanol–water partition coefficient (Wildman–Crippen LogP) is 3.33. The number of benzene rings is 1. The third kappa shape index (κ3) is 2.86. The van der Waals surface area contributed by atoms with Crippen LogP contribution in [0, 0.1) is 5.92 Å². The van der Waals surface area contributed by atoms with Crippen molar-refractivity contribution in [1.82, 2.24) is 5.32 Å². The van der Waals surface area contributed by atoms with E-state index in [4.69, 9.17) is 4.74 Å². The van der Waals surface area contributed by atoms with Crippen LogP contribution in [0.2, 0.25) is 0 Å². The zero-order valence-corrected chi connectivity index (χ0v) is 11.2. The largest absolute Gasteiger partial charge is 0.497 e. The lowest BCUT2D eigenvalue weighted by molar-refractivity contribution is 0.289. The van der Waals surface area contributed by atoms with Crippen LogP contribution in [0.4, 0.5) is 0 Å². The van der Waals surface area contributed by atoms with Crippen LogP contribution in [0.5, 0.6) is 5.75 Å². The van der Waals surface area contributed by atoms with Gasteiger partial charge in [0.2, 0.25) is 0 Å². The molecule has 0 radical (unpaired) electrons. The van der Waals surface area contributed by atoms with Gasteiger partial charge >= 0.3 is 0 Å². The van der Waals surface area contributed by atoms with Gasteiger partial charge < -0.3 is 10.1 Å². The Morgan fingerprint density at radius 3 is 2.50 bits per heavy atom. The molecule has 2 heteroatoms. The van der Waals surface area contributed by atoms with Crippen LogP contribution in [0.3, 0.4) is 0 Å². The van der Waals surface area contributed by atoms with Gasteiger partial charge in [-0.1, -0.05) is 25.0 Å². The van der Waals surface area contributed by atoms with E-state index < -0.39 is 0 Å². The number of rotatable bonds is 6. The molecule has 2 fully saturated rings. The monoisotopic (exact) mass is 245 g/mol. The SMILES string of the molecule is COc1ccc(C2CC(NCCC3CC3)C2)cc1. The van der Waals surface area contributed by atoms with Gasteiger partial charge in [-0.05, 0) is 55.3 Å². The molecule has 0 saturated heterocycles. The lowest BCUT2D eigenvalue weighted by atomic mass is 9.76. The number of methoxy groups -OCH3 is 1. The molecule has 0 aromatic heterocycles. The molecule has 0 amide bonds. The van der Waals surface area contributed by atoms with Crippen LogP contribution in [0.15, 0.2) is 24.3 Å². The van der Waals surface area contributed by atoms with Gasteiger partial charge in [-0.3, -0.25) is 0 Å². The van der Waals surface area contributed by atoms with Gasteiger partial charge in [0.25, 0.3) is 0 Å². The first kappa shape index (κ1) is 12.0. The second kappa shape index (κ2) is 5.31. The smallest absolute Gasteiger partial charge is 0.118 e. The van der Waals surface area contributed by atoms with E-state index in [1.807, 2.05) is 0 Å². The molecular formula is C16H23NO. The number of ether oxygens (including phenoxy) is 1. The van der Waals surface area contributed by atoms with E-state index in [0.717, 1.165) is 23.6 Å². The third-order valence-corrected chi connectivity index (χ3v) is 4.41. The summed E-state index contributed by atoms with van der Waals surface area (Å²) in [7, 11) is 1.72. The van der Waals surface area contributed by atoms with Crippen molar-refractivity contribution in [3.8, 4) is 5.75 Å². The molecule has 0 bridgehead atoms. The Kier molecular flexibility index (Phi) is 3.55. The average molecular weight is 245 g/mol. The molecule has 98 valence electrons. The highest BCUT2D eigenvalue weighted by Gasteiger charge is 2.30. The molecule has 1 aromatic carbocycles. The van der Waals surface area contributed by atoms with Crippen molar-refractivity contribution in [3.05, 3.63) is 29.8 Å². The van der Waals surface area contributed by atoms with Crippen molar-refractivity contribution in [2.24, 2.45) is 5.92 Å². The normalized spacial score (nSPS) is 26.7. The van der Waals surface area contributed by atoms with Gasteiger partial charge in [-0.25, -0.2) is 0 Å². The highest BCUT2D eigenvalue weighted by atomic mass is 16.5. The summed E-state index contributed by atoms with van der Waals surface area (Å²) in [5.41, 5.74) is 1.47. The first-order valence-corrected chi connectivity index (χ1v) is 7.22. The zero-order chi connectivity index (χ0) is 12.4. The summed E-state index contributed by atoms with van der Waals surface area (Å²) >= 11 is 0. The van der Waals surface area contributed by atoms with Gasteiger partial charge in [0.05, 0.1) is 7.11 Å². The molecule has 2 aliphatic rings. The van der Waals surface area contributed by atoms with Gasteiger partial charge in [0.15, 0.2) is 0 Å². The molecule has 2 saturated carbocycles. The Morgan fingerprint density at radius 1 is 1.17 bits per heavy atom. The Morgan fingerprint density at radius 2 is 1.89 bits per heavy atom. The standard InChI is InChI=1S/C16H23NO/c1-18-16-6-4-13(5-7-16)14-10-15(11-14)17-9-8-12-2-3-12/h4-7,12,14-15,17H,2-3,8-11H2,1H3. The van der Waals surface area contributed by atoms with Gasteiger partial charge in [0, 0.05) is 6.04 Å². The number of hydrogen-bond donors (Lipinski definition) is 1. The Balaban J connectivity index is 1.40. The second-order valence-corrected chi connectivity index (χ2v) is 5.82. The van der Waals surface area contributed by atoms with Crippen LogP contribution in [-0.4, -0.2) is 19.7 Å². The Hall–Kier alpha value is -1.02. The highest BCUT2D eigenvalue weighted by molar-refractivity contribution is 5.30. The lowest BCUT2D eigenvalue weighted by Gasteiger charge is -2.36. The Labute approximate surface area is 110 Å². The molecule has 18 heavy (non-hydrogen) atoms. The highest BCUT2D eigenvalue weighted by Crippen LogP contribution is 2.38. The third-order valence-electron chi connectivity index (χ3n) is 4.41. The van der Waals surface area contributed by atoms with E-state index in [0.29, 0.717) is 0 Å². The molecular weight excluding hydrogens is 222 g/mol. The topological polar surface area (TPSA) is 21.3 Å². The summed E-state index contributed by atoms with van der Waals surface area (Å²) in [5, 5.41) is 3.69. The van der Waals surface area contributed by atoms with Crippen molar-refractivity contribution < 1.29 is 4.74 Å². The number of hydrogen-bond acceptors (Lipinski definition) is 2. The summed E-state index contributed by atoms with van der Waals surface area (Å²) in [6.07, 6.45) is 6.94. The molecule has 3 rings (SSSR count). The molecule has 2 nitrogen and oxygen atoms in total. The average Bonchev–Trinajstić information content (AvgIpc) is 3.16. The second-order valence-electron chi connectivity index (χ2n) is 5.82. The summed E-state index contributed by atoms with van der Waals surface area (Å²) in [4.78, 5) is 0. The van der Waals surface area contributed by atoms with Crippen molar-refractivity contribution >= 4 is 0 Å². The first-order chi connectivity index (χ1) is 8.85. The molecule has 2 aliphatic carbocycles. The molecule has 0 heterocycles. The Bertz CT molecular complexity index is 377. The predicted molar refractivity (Wildman–Crippen MR) is 74.1 cm³/mol. The maximum atomic E-state index is 5.19. The van der Waals surface area contributed by atoms with Gasteiger partial charge in [-0.15, -0.1) is 0 Å². The minimum atomic E-state index is 0.759. The van der Waals surface area contributed by atoms with Gasteiger partial charge in [-0.2, -0.15) is 0 Å². The molecule has 0 spiro atoms. The molecule has 0 unspecified atom stereocenters. The van der Waals surface area contributed by atoms with E-state index in [2.05, 4.69) is 29.6 Å². The van der Waals surface area contributed by atoms with Crippen LogP contribution in [0.25, 0.3) is 0 Å². The van der Waals surface area contributed by atoms with Crippen LogP contribution >= 0.6 is 0 Å². The maximum absolute atomic E-state index is 5.19. The maximum Gasteiger partial charge on any atom is 0.118 e. The summed E-state index contributed by atoms with van der Waals surface area (Å²) in [6.45, 7) is 1.23. The fourth-order valence-electron chi connectivity index (χ4n) is 2.83. The van der Waals surface area contributed by atoms with Crippen molar-refractivity contribution in [2.75, 3.05) is 13.7 Å². The zero-order valence-electron chi connectivity index (χ0n) is 11.2. The molecule has 0 atom stereocenters. The molecule has 0 aliphatic heterocycles. The summed E-state index contributed by atoms with van der Waals surface area (Å²) in [5.74, 6) is 2.77. The minimum absolute atomic E-state index is 0.759. The van der Waals surface area contributed by atoms with Crippen molar-refractivity contribution in [1.29, 1.82) is 0 Å². The fourth-order valence-corrected chi connectivity index (χ4v) is 2.83. The van der Waals surface area contributed by atoms with Gasteiger partial charge in [0.1, 0.15) is 5.75 Å². The van der Waals surface area contributed by atoms with E-state index in [9.17, 15) is 0 Å². The van der Waals surface area contributed by atoms with Crippen LogP contribution in [-0.2, 0) is 0 Å². The van der Waals surface area contributed by atoms with E-state index in [1.54, 1.807) is 7.11 Å². The van der Waals surface area contributed by atoms with Crippen LogP contribution < -0.4 is 10.1 Å². The minimum Gasteiger partial charge on any atom is -0.497 e.